The zero-order valence-corrected chi connectivity index (χ0v) is 11.5. The van der Waals surface area contributed by atoms with Crippen molar-refractivity contribution in [3.8, 4) is 0 Å². The van der Waals surface area contributed by atoms with Gasteiger partial charge in [0.2, 0.25) is 0 Å². The summed E-state index contributed by atoms with van der Waals surface area (Å²) in [4.78, 5) is 23.9. The van der Waals surface area contributed by atoms with Crippen molar-refractivity contribution in [3.05, 3.63) is 45.8 Å². The van der Waals surface area contributed by atoms with Gasteiger partial charge >= 0.3 is 5.63 Å². The summed E-state index contributed by atoms with van der Waals surface area (Å²) in [7, 11) is 0. The Kier molecular flexibility index (Phi) is 3.18. The maximum Gasteiger partial charge on any atom is 0.349 e. The number of amides is 1. The van der Waals surface area contributed by atoms with Crippen molar-refractivity contribution in [2.45, 2.75) is 33.2 Å². The van der Waals surface area contributed by atoms with Crippen LogP contribution in [-0.2, 0) is 0 Å². The van der Waals surface area contributed by atoms with Gasteiger partial charge in [0.05, 0.1) is 0 Å². The molecule has 1 amide bonds. The first-order valence-electron chi connectivity index (χ1n) is 6.13. The number of fused-ring (bicyclic) bond motifs is 1. The summed E-state index contributed by atoms with van der Waals surface area (Å²) in [6.07, 6.45) is 0. The second-order valence-corrected chi connectivity index (χ2v) is 5.69. The van der Waals surface area contributed by atoms with Crippen molar-refractivity contribution >= 4 is 16.9 Å². The summed E-state index contributed by atoms with van der Waals surface area (Å²) in [6, 6.07) is 7.05. The molecule has 1 aromatic heterocycles. The topological polar surface area (TPSA) is 59.3 Å². The van der Waals surface area contributed by atoms with Crippen LogP contribution in [0.4, 0.5) is 0 Å². The molecule has 1 N–H and O–H groups in total. The predicted octanol–water partition coefficient (Wildman–Crippen LogP) is 2.63. The minimum Gasteiger partial charge on any atom is -0.422 e. The van der Waals surface area contributed by atoms with Crippen LogP contribution in [0, 0.1) is 6.92 Å². The number of nitrogens with one attached hydrogen (secondary N) is 1. The Morgan fingerprint density at radius 2 is 1.89 bits per heavy atom. The van der Waals surface area contributed by atoms with Gasteiger partial charge in [-0.05, 0) is 45.9 Å². The molecule has 4 heteroatoms. The maximum absolute atomic E-state index is 12.0. The lowest BCUT2D eigenvalue weighted by Crippen LogP contribution is -2.42. The zero-order chi connectivity index (χ0) is 14.2. The molecule has 0 atom stereocenters. The van der Waals surface area contributed by atoms with Gasteiger partial charge in [-0.15, -0.1) is 0 Å². The van der Waals surface area contributed by atoms with Crippen LogP contribution < -0.4 is 10.9 Å². The van der Waals surface area contributed by atoms with Crippen molar-refractivity contribution in [3.63, 3.8) is 0 Å². The third kappa shape index (κ3) is 3.02. The van der Waals surface area contributed by atoms with Crippen molar-refractivity contribution in [1.29, 1.82) is 0 Å². The van der Waals surface area contributed by atoms with Crippen molar-refractivity contribution in [1.82, 2.24) is 5.32 Å². The van der Waals surface area contributed by atoms with E-state index >= 15 is 0 Å². The molecule has 2 aromatic rings. The Morgan fingerprint density at radius 3 is 2.53 bits per heavy atom. The molecule has 0 radical (unpaired) electrons. The van der Waals surface area contributed by atoms with Gasteiger partial charge in [0.15, 0.2) is 0 Å². The Labute approximate surface area is 111 Å². The van der Waals surface area contributed by atoms with Crippen LogP contribution in [0.3, 0.4) is 0 Å². The monoisotopic (exact) mass is 259 g/mol. The largest absolute Gasteiger partial charge is 0.422 e. The van der Waals surface area contributed by atoms with Gasteiger partial charge in [0.25, 0.3) is 5.91 Å². The SMILES string of the molecule is Cc1ccc2oc(=O)c(C(=O)NC(C)(C)C)cc2c1. The van der Waals surface area contributed by atoms with Crippen molar-refractivity contribution in [2.75, 3.05) is 0 Å². The number of carbonyl (C=O) groups is 1. The fraction of sp³-hybridized carbons (Fsp3) is 0.333. The Balaban J connectivity index is 2.52. The smallest absolute Gasteiger partial charge is 0.349 e. The normalized spacial score (nSPS) is 11.6. The van der Waals surface area contributed by atoms with Gasteiger partial charge in [-0.2, -0.15) is 0 Å². The van der Waals surface area contributed by atoms with E-state index in [-0.39, 0.29) is 5.56 Å². The molecule has 0 aliphatic rings. The summed E-state index contributed by atoms with van der Waals surface area (Å²) in [6.45, 7) is 7.52. The van der Waals surface area contributed by atoms with Gasteiger partial charge in [0, 0.05) is 10.9 Å². The number of carbonyl (C=O) groups excluding carboxylic acids is 1. The number of hydrogen-bond acceptors (Lipinski definition) is 3. The van der Waals surface area contributed by atoms with E-state index in [1.165, 1.54) is 0 Å². The molecule has 1 aromatic carbocycles. The number of benzene rings is 1. The quantitative estimate of drug-likeness (QED) is 0.801. The highest BCUT2D eigenvalue weighted by atomic mass is 16.4. The van der Waals surface area contributed by atoms with E-state index in [0.717, 1.165) is 10.9 Å². The standard InChI is InChI=1S/C15H17NO3/c1-9-5-6-12-10(7-9)8-11(14(18)19-12)13(17)16-15(2,3)4/h5-8H,1-4H3,(H,16,17). The Morgan fingerprint density at radius 1 is 1.21 bits per heavy atom. The van der Waals surface area contributed by atoms with E-state index in [2.05, 4.69) is 5.32 Å². The second-order valence-electron chi connectivity index (χ2n) is 5.69. The van der Waals surface area contributed by atoms with E-state index in [9.17, 15) is 9.59 Å². The van der Waals surface area contributed by atoms with Crippen molar-refractivity contribution in [2.24, 2.45) is 0 Å². The Hall–Kier alpha value is -2.10. The molecule has 0 aliphatic heterocycles. The molecule has 0 saturated heterocycles. The number of hydrogen-bond donors (Lipinski definition) is 1. The van der Waals surface area contributed by atoms with Crippen LogP contribution in [0.1, 0.15) is 36.7 Å². The summed E-state index contributed by atoms with van der Waals surface area (Å²) in [5.41, 5.74) is 0.558. The minimum absolute atomic E-state index is 0.0352. The van der Waals surface area contributed by atoms with Crippen molar-refractivity contribution < 1.29 is 9.21 Å². The van der Waals surface area contributed by atoms with Crippen LogP contribution in [0.5, 0.6) is 0 Å². The highest BCUT2D eigenvalue weighted by Crippen LogP contribution is 2.15. The van der Waals surface area contributed by atoms with Crippen LogP contribution in [-0.4, -0.2) is 11.4 Å². The molecule has 0 unspecified atom stereocenters. The predicted molar refractivity (Wildman–Crippen MR) is 74.4 cm³/mol. The first-order chi connectivity index (χ1) is 8.76. The van der Waals surface area contributed by atoms with E-state index in [1.54, 1.807) is 12.1 Å². The fourth-order valence-corrected chi connectivity index (χ4v) is 1.81. The first kappa shape index (κ1) is 13.3. The second kappa shape index (κ2) is 4.53. The highest BCUT2D eigenvalue weighted by Gasteiger charge is 2.19. The first-order valence-corrected chi connectivity index (χ1v) is 6.13. The summed E-state index contributed by atoms with van der Waals surface area (Å²) < 4.78 is 5.17. The summed E-state index contributed by atoms with van der Waals surface area (Å²) >= 11 is 0. The number of rotatable bonds is 1. The van der Waals surface area contributed by atoms with Crippen LogP contribution >= 0.6 is 0 Å². The average Bonchev–Trinajstić information content (AvgIpc) is 2.26. The number of aryl methyl sites for hydroxylation is 1. The molecular weight excluding hydrogens is 242 g/mol. The highest BCUT2D eigenvalue weighted by molar-refractivity contribution is 5.97. The van der Waals surface area contributed by atoms with Gasteiger partial charge in [-0.1, -0.05) is 11.6 Å². The average molecular weight is 259 g/mol. The minimum atomic E-state index is -0.613. The van der Waals surface area contributed by atoms with E-state index in [0.29, 0.717) is 5.58 Å². The maximum atomic E-state index is 12.0. The Bertz CT molecular complexity index is 693. The molecule has 100 valence electrons. The molecule has 0 spiro atoms. The van der Waals surface area contributed by atoms with Gasteiger partial charge in [-0.3, -0.25) is 4.79 Å². The van der Waals surface area contributed by atoms with Crippen LogP contribution in [0.15, 0.2) is 33.5 Å². The third-order valence-electron chi connectivity index (χ3n) is 2.62. The molecule has 2 rings (SSSR count). The van der Waals surface area contributed by atoms with E-state index in [4.69, 9.17) is 4.42 Å². The van der Waals surface area contributed by atoms with E-state index in [1.807, 2.05) is 39.8 Å². The van der Waals surface area contributed by atoms with Gasteiger partial charge in [0.1, 0.15) is 11.1 Å². The van der Waals surface area contributed by atoms with Gasteiger partial charge < -0.3 is 9.73 Å². The summed E-state index contributed by atoms with van der Waals surface area (Å²) in [5.74, 6) is -0.412. The zero-order valence-electron chi connectivity index (χ0n) is 11.5. The van der Waals surface area contributed by atoms with E-state index < -0.39 is 17.1 Å². The lowest BCUT2D eigenvalue weighted by atomic mass is 10.1. The molecule has 0 aliphatic carbocycles. The molecule has 19 heavy (non-hydrogen) atoms. The molecule has 4 nitrogen and oxygen atoms in total. The van der Waals surface area contributed by atoms with Crippen LogP contribution in [0.2, 0.25) is 0 Å². The molecule has 1 heterocycles. The van der Waals surface area contributed by atoms with Gasteiger partial charge in [-0.25, -0.2) is 4.79 Å². The summed E-state index contributed by atoms with van der Waals surface area (Å²) in [5, 5.41) is 3.51. The van der Waals surface area contributed by atoms with Crippen LogP contribution in [0.25, 0.3) is 11.0 Å². The third-order valence-corrected chi connectivity index (χ3v) is 2.62. The molecule has 0 saturated carbocycles. The fourth-order valence-electron chi connectivity index (χ4n) is 1.81. The molecule has 0 bridgehead atoms. The molecular formula is C15H17NO3. The lowest BCUT2D eigenvalue weighted by Gasteiger charge is -2.20. The lowest BCUT2D eigenvalue weighted by molar-refractivity contribution is 0.0916. The molecule has 0 fully saturated rings.